The van der Waals surface area contributed by atoms with Crippen LogP contribution in [0, 0.1) is 0 Å². The largest absolute Gasteiger partial charge is 0.349 e. The molecule has 2 rings (SSSR count). The number of hydrogen-bond acceptors (Lipinski definition) is 4. The molecule has 0 spiro atoms. The summed E-state index contributed by atoms with van der Waals surface area (Å²) in [5.41, 5.74) is 7.85. The Morgan fingerprint density at radius 1 is 1.36 bits per heavy atom. The van der Waals surface area contributed by atoms with Crippen LogP contribution >= 0.6 is 0 Å². The first-order chi connectivity index (χ1) is 6.59. The summed E-state index contributed by atoms with van der Waals surface area (Å²) in [4.78, 5) is 11.0. The molecular weight excluding hydrogens is 178 g/mol. The average molecular weight is 191 g/mol. The summed E-state index contributed by atoms with van der Waals surface area (Å²) >= 11 is 0. The van der Waals surface area contributed by atoms with Gasteiger partial charge in [0.1, 0.15) is 5.78 Å². The van der Waals surface area contributed by atoms with Crippen molar-refractivity contribution in [2.75, 3.05) is 10.6 Å². The zero-order valence-electron chi connectivity index (χ0n) is 8.00. The molecule has 14 heavy (non-hydrogen) atoms. The van der Waals surface area contributed by atoms with E-state index in [-0.39, 0.29) is 12.2 Å². The molecule has 0 bridgehead atoms. The minimum absolute atomic E-state index is 0.0558. The highest BCUT2D eigenvalue weighted by molar-refractivity contribution is 5.82. The fraction of sp³-hybridized carbons (Fsp3) is 0.300. The number of para-hydroxylation sites is 2. The van der Waals surface area contributed by atoms with Crippen LogP contribution in [0.1, 0.15) is 13.3 Å². The molecule has 1 heterocycles. The number of anilines is 2. The van der Waals surface area contributed by atoms with Crippen molar-refractivity contribution < 1.29 is 4.79 Å². The van der Waals surface area contributed by atoms with Gasteiger partial charge in [-0.25, -0.2) is 0 Å². The van der Waals surface area contributed by atoms with Crippen LogP contribution in [-0.4, -0.2) is 11.6 Å². The molecule has 4 N–H and O–H groups in total. The second-order valence-electron chi connectivity index (χ2n) is 3.65. The molecule has 1 aliphatic rings. The first-order valence-corrected chi connectivity index (χ1v) is 4.53. The number of benzene rings is 1. The molecule has 4 nitrogen and oxygen atoms in total. The summed E-state index contributed by atoms with van der Waals surface area (Å²) in [7, 11) is 0. The van der Waals surface area contributed by atoms with Crippen LogP contribution in [0.2, 0.25) is 0 Å². The Morgan fingerprint density at radius 3 is 2.29 bits per heavy atom. The van der Waals surface area contributed by atoms with E-state index in [9.17, 15) is 4.79 Å². The molecule has 4 heteroatoms. The number of rotatable bonds is 2. The lowest BCUT2D eigenvalue weighted by Crippen LogP contribution is -2.52. The summed E-state index contributed by atoms with van der Waals surface area (Å²) in [6, 6.07) is 7.70. The van der Waals surface area contributed by atoms with Gasteiger partial charge < -0.3 is 10.6 Å². The quantitative estimate of drug-likeness (QED) is 0.655. The first-order valence-electron chi connectivity index (χ1n) is 4.53. The van der Waals surface area contributed by atoms with Crippen LogP contribution in [0.25, 0.3) is 0 Å². The molecule has 74 valence electrons. The lowest BCUT2D eigenvalue weighted by Gasteiger charge is -2.24. The molecule has 1 aliphatic heterocycles. The standard InChI is InChI=1S/C10H13N3O/c1-7(14)6-10(11)12-8-4-2-3-5-9(8)13-10/h2-5,12-13H,6,11H2,1H3. The van der Waals surface area contributed by atoms with Crippen molar-refractivity contribution in [1.29, 1.82) is 0 Å². The molecule has 0 radical (unpaired) electrons. The third kappa shape index (κ3) is 1.56. The highest BCUT2D eigenvalue weighted by atomic mass is 16.1. The summed E-state index contributed by atoms with van der Waals surface area (Å²) in [5, 5.41) is 6.18. The molecule has 0 amide bonds. The summed E-state index contributed by atoms with van der Waals surface area (Å²) in [5.74, 6) is -0.768. The normalized spacial score (nSPS) is 16.7. The Labute approximate surface area is 82.5 Å². The van der Waals surface area contributed by atoms with Gasteiger partial charge in [-0.05, 0) is 19.1 Å². The summed E-state index contributed by atoms with van der Waals surface area (Å²) in [6.07, 6.45) is 0.266. The second kappa shape index (κ2) is 2.99. The van der Waals surface area contributed by atoms with Crippen molar-refractivity contribution in [2.24, 2.45) is 5.73 Å². The molecule has 0 atom stereocenters. The van der Waals surface area contributed by atoms with E-state index in [1.165, 1.54) is 6.92 Å². The summed E-state index contributed by atoms with van der Waals surface area (Å²) < 4.78 is 0. The Kier molecular flexibility index (Phi) is 1.93. The average Bonchev–Trinajstić information content (AvgIpc) is 2.38. The van der Waals surface area contributed by atoms with Crippen molar-refractivity contribution in [1.82, 2.24) is 0 Å². The van der Waals surface area contributed by atoms with Crippen LogP contribution in [0.15, 0.2) is 24.3 Å². The number of hydrogen-bond donors (Lipinski definition) is 3. The van der Waals surface area contributed by atoms with Crippen molar-refractivity contribution in [3.05, 3.63) is 24.3 Å². The monoisotopic (exact) mass is 191 g/mol. The number of carbonyl (C=O) groups is 1. The number of nitrogens with two attached hydrogens (primary N) is 1. The van der Waals surface area contributed by atoms with E-state index in [0.29, 0.717) is 0 Å². The first kappa shape index (κ1) is 9.02. The van der Waals surface area contributed by atoms with E-state index in [2.05, 4.69) is 10.6 Å². The number of nitrogens with one attached hydrogen (secondary N) is 2. The Morgan fingerprint density at radius 2 is 1.86 bits per heavy atom. The maximum Gasteiger partial charge on any atom is 0.168 e. The van der Waals surface area contributed by atoms with Gasteiger partial charge in [-0.3, -0.25) is 10.5 Å². The van der Waals surface area contributed by atoms with E-state index in [0.717, 1.165) is 11.4 Å². The molecular formula is C10H13N3O. The Bertz CT molecular complexity index is 350. The molecule has 1 aromatic carbocycles. The van der Waals surface area contributed by atoms with E-state index >= 15 is 0 Å². The van der Waals surface area contributed by atoms with Crippen LogP contribution in [0.3, 0.4) is 0 Å². The highest BCUT2D eigenvalue weighted by Crippen LogP contribution is 2.32. The number of carbonyl (C=O) groups excluding carboxylic acids is 1. The fourth-order valence-electron chi connectivity index (χ4n) is 1.69. The molecule has 1 aromatic rings. The van der Waals surface area contributed by atoms with Gasteiger partial charge in [0.15, 0.2) is 5.79 Å². The van der Waals surface area contributed by atoms with Gasteiger partial charge in [-0.2, -0.15) is 0 Å². The Hall–Kier alpha value is -1.55. The summed E-state index contributed by atoms with van der Waals surface area (Å²) in [6.45, 7) is 1.53. The zero-order chi connectivity index (χ0) is 10.2. The maximum atomic E-state index is 11.0. The predicted molar refractivity (Wildman–Crippen MR) is 55.9 cm³/mol. The third-order valence-corrected chi connectivity index (χ3v) is 2.17. The fourth-order valence-corrected chi connectivity index (χ4v) is 1.69. The topological polar surface area (TPSA) is 67.2 Å². The minimum atomic E-state index is -0.824. The highest BCUT2D eigenvalue weighted by Gasteiger charge is 2.32. The zero-order valence-corrected chi connectivity index (χ0v) is 8.00. The smallest absolute Gasteiger partial charge is 0.168 e. The SMILES string of the molecule is CC(=O)CC1(N)Nc2ccccc2N1. The van der Waals surface area contributed by atoms with Gasteiger partial charge in [0.05, 0.1) is 17.8 Å². The maximum absolute atomic E-state index is 11.0. The Balaban J connectivity index is 2.21. The molecule has 0 aromatic heterocycles. The van der Waals surface area contributed by atoms with Crippen molar-refractivity contribution >= 4 is 17.2 Å². The number of Topliss-reactive ketones (excluding diaryl/α,β-unsaturated/α-hetero) is 1. The van der Waals surface area contributed by atoms with Gasteiger partial charge in [0.2, 0.25) is 0 Å². The van der Waals surface area contributed by atoms with Crippen LogP contribution in [0.5, 0.6) is 0 Å². The van der Waals surface area contributed by atoms with Gasteiger partial charge in [-0.1, -0.05) is 12.1 Å². The molecule has 0 saturated heterocycles. The number of fused-ring (bicyclic) bond motifs is 1. The van der Waals surface area contributed by atoms with E-state index in [1.54, 1.807) is 0 Å². The molecule has 0 unspecified atom stereocenters. The van der Waals surface area contributed by atoms with E-state index in [4.69, 9.17) is 5.73 Å². The van der Waals surface area contributed by atoms with Crippen molar-refractivity contribution in [3.63, 3.8) is 0 Å². The van der Waals surface area contributed by atoms with Crippen molar-refractivity contribution in [2.45, 2.75) is 19.1 Å². The lowest BCUT2D eigenvalue weighted by molar-refractivity contribution is -0.117. The minimum Gasteiger partial charge on any atom is -0.349 e. The van der Waals surface area contributed by atoms with Crippen LogP contribution < -0.4 is 16.4 Å². The third-order valence-electron chi connectivity index (χ3n) is 2.17. The molecule has 0 fully saturated rings. The predicted octanol–water partition coefficient (Wildman–Crippen LogP) is 1.12. The van der Waals surface area contributed by atoms with Crippen LogP contribution in [-0.2, 0) is 4.79 Å². The van der Waals surface area contributed by atoms with Gasteiger partial charge in [0, 0.05) is 0 Å². The van der Waals surface area contributed by atoms with Crippen LogP contribution in [0.4, 0.5) is 11.4 Å². The van der Waals surface area contributed by atoms with Crippen molar-refractivity contribution in [3.8, 4) is 0 Å². The second-order valence-corrected chi connectivity index (χ2v) is 3.65. The molecule has 0 saturated carbocycles. The van der Waals surface area contributed by atoms with E-state index in [1.807, 2.05) is 24.3 Å². The van der Waals surface area contributed by atoms with Gasteiger partial charge >= 0.3 is 0 Å². The molecule has 0 aliphatic carbocycles. The number of ketones is 1. The van der Waals surface area contributed by atoms with E-state index < -0.39 is 5.79 Å². The lowest BCUT2D eigenvalue weighted by atomic mass is 10.2. The van der Waals surface area contributed by atoms with Gasteiger partial charge in [-0.15, -0.1) is 0 Å². The van der Waals surface area contributed by atoms with Gasteiger partial charge in [0.25, 0.3) is 0 Å².